The van der Waals surface area contributed by atoms with Crippen molar-refractivity contribution < 1.29 is 4.79 Å². The second kappa shape index (κ2) is 4.72. The molecule has 1 aliphatic rings. The lowest BCUT2D eigenvalue weighted by Crippen LogP contribution is -2.38. The molecule has 1 aliphatic heterocycles. The molecule has 1 amide bonds. The maximum Gasteiger partial charge on any atom is 0.220 e. The smallest absolute Gasteiger partial charge is 0.220 e. The Morgan fingerprint density at radius 1 is 1.42 bits per heavy atom. The van der Waals surface area contributed by atoms with Gasteiger partial charge in [0, 0.05) is 30.1 Å². The second-order valence-electron chi connectivity index (χ2n) is 5.33. The summed E-state index contributed by atoms with van der Waals surface area (Å²) in [5.41, 5.74) is 3.86. The molecular formula is C16H20N2O. The molecule has 0 aliphatic carbocycles. The van der Waals surface area contributed by atoms with Gasteiger partial charge in [-0.1, -0.05) is 31.5 Å². The Morgan fingerprint density at radius 2 is 2.21 bits per heavy atom. The molecule has 1 aromatic carbocycles. The van der Waals surface area contributed by atoms with Crippen LogP contribution in [0.4, 0.5) is 0 Å². The predicted molar refractivity (Wildman–Crippen MR) is 77.0 cm³/mol. The van der Waals surface area contributed by atoms with Gasteiger partial charge in [-0.25, -0.2) is 0 Å². The van der Waals surface area contributed by atoms with Gasteiger partial charge in [-0.2, -0.15) is 0 Å². The highest BCUT2D eigenvalue weighted by Gasteiger charge is 2.30. The molecule has 0 saturated carbocycles. The number of nitrogens with zero attached hydrogens (tertiary/aromatic N) is 1. The van der Waals surface area contributed by atoms with Crippen LogP contribution in [-0.4, -0.2) is 22.3 Å². The highest BCUT2D eigenvalue weighted by Crippen LogP contribution is 2.36. The van der Waals surface area contributed by atoms with Gasteiger partial charge < -0.3 is 9.88 Å². The number of hydrogen-bond donors (Lipinski definition) is 1. The molecule has 0 radical (unpaired) electrons. The van der Waals surface area contributed by atoms with Gasteiger partial charge in [-0.05, 0) is 24.5 Å². The van der Waals surface area contributed by atoms with Crippen LogP contribution in [0.3, 0.4) is 0 Å². The zero-order valence-electron chi connectivity index (χ0n) is 11.6. The number of benzene rings is 1. The van der Waals surface area contributed by atoms with E-state index in [1.54, 1.807) is 6.92 Å². The van der Waals surface area contributed by atoms with Crippen molar-refractivity contribution in [3.05, 3.63) is 35.5 Å². The number of carbonyl (C=O) groups excluding carboxylic acids is 1. The molecule has 2 aromatic rings. The summed E-state index contributed by atoms with van der Waals surface area (Å²) in [5.74, 6) is 0.183. The van der Waals surface area contributed by atoms with E-state index < -0.39 is 0 Å². The Balaban J connectivity index is 2.12. The number of hydrogen-bond acceptors (Lipinski definition) is 1. The first-order chi connectivity index (χ1) is 9.22. The monoisotopic (exact) mass is 256 g/mol. The fourth-order valence-electron chi connectivity index (χ4n) is 3.27. The number of fused-ring (bicyclic) bond motifs is 3. The molecule has 0 fully saturated rings. The van der Waals surface area contributed by atoms with Gasteiger partial charge in [0.25, 0.3) is 0 Å². The first-order valence-electron chi connectivity index (χ1n) is 7.09. The highest BCUT2D eigenvalue weighted by molar-refractivity contribution is 5.86. The molecular weight excluding hydrogens is 236 g/mol. The number of H-pyrrole nitrogens is 1. The van der Waals surface area contributed by atoms with E-state index >= 15 is 0 Å². The lowest BCUT2D eigenvalue weighted by atomic mass is 9.94. The van der Waals surface area contributed by atoms with Crippen molar-refractivity contribution in [2.45, 2.75) is 39.2 Å². The Morgan fingerprint density at radius 3 is 2.95 bits per heavy atom. The van der Waals surface area contributed by atoms with Gasteiger partial charge in [0.05, 0.1) is 6.04 Å². The predicted octanol–water partition coefficient (Wildman–Crippen LogP) is 3.41. The average Bonchev–Trinajstić information content (AvgIpc) is 2.78. The van der Waals surface area contributed by atoms with Crippen LogP contribution < -0.4 is 0 Å². The molecule has 0 spiro atoms. The zero-order chi connectivity index (χ0) is 13.4. The maximum absolute atomic E-state index is 11.8. The summed E-state index contributed by atoms with van der Waals surface area (Å²) < 4.78 is 0. The van der Waals surface area contributed by atoms with Crippen LogP contribution in [0.15, 0.2) is 24.3 Å². The van der Waals surface area contributed by atoms with Crippen molar-refractivity contribution in [1.82, 2.24) is 9.88 Å². The van der Waals surface area contributed by atoms with Crippen LogP contribution in [-0.2, 0) is 11.2 Å². The van der Waals surface area contributed by atoms with Gasteiger partial charge in [-0.15, -0.1) is 0 Å². The number of rotatable bonds is 2. The Hall–Kier alpha value is -1.77. The number of aromatic nitrogens is 1. The highest BCUT2D eigenvalue weighted by atomic mass is 16.2. The van der Waals surface area contributed by atoms with Gasteiger partial charge in [-0.3, -0.25) is 4.79 Å². The van der Waals surface area contributed by atoms with Crippen LogP contribution in [0.1, 0.15) is 44.0 Å². The Labute approximate surface area is 113 Å². The van der Waals surface area contributed by atoms with E-state index in [4.69, 9.17) is 0 Å². The first kappa shape index (κ1) is 12.3. The Kier molecular flexibility index (Phi) is 3.05. The summed E-state index contributed by atoms with van der Waals surface area (Å²) in [6, 6.07) is 8.66. The molecule has 3 rings (SSSR count). The zero-order valence-corrected chi connectivity index (χ0v) is 11.6. The minimum Gasteiger partial charge on any atom is -0.356 e. The number of carbonyl (C=O) groups is 1. The minimum atomic E-state index is 0.183. The number of aromatic amines is 1. The molecule has 3 nitrogen and oxygen atoms in total. The quantitative estimate of drug-likeness (QED) is 0.878. The third-order valence-electron chi connectivity index (χ3n) is 4.13. The van der Waals surface area contributed by atoms with E-state index in [-0.39, 0.29) is 11.9 Å². The largest absolute Gasteiger partial charge is 0.356 e. The van der Waals surface area contributed by atoms with E-state index in [0.717, 1.165) is 25.8 Å². The van der Waals surface area contributed by atoms with Crippen molar-refractivity contribution in [2.24, 2.45) is 0 Å². The summed E-state index contributed by atoms with van der Waals surface area (Å²) in [5, 5.41) is 1.32. The summed E-state index contributed by atoms with van der Waals surface area (Å²) >= 11 is 0. The number of para-hydroxylation sites is 1. The SMILES string of the molecule is CCC[C@@H]1c2[nH]c3ccccc3c2CCN1C(C)=O. The average molecular weight is 256 g/mol. The molecule has 19 heavy (non-hydrogen) atoms. The molecule has 1 atom stereocenters. The summed E-state index contributed by atoms with van der Waals surface area (Å²) in [7, 11) is 0. The molecule has 0 unspecified atom stereocenters. The molecule has 0 bridgehead atoms. The van der Waals surface area contributed by atoms with E-state index in [0.29, 0.717) is 0 Å². The number of amides is 1. The van der Waals surface area contributed by atoms with Crippen molar-refractivity contribution in [2.75, 3.05) is 6.54 Å². The third-order valence-corrected chi connectivity index (χ3v) is 4.13. The third kappa shape index (κ3) is 1.93. The summed E-state index contributed by atoms with van der Waals surface area (Å²) in [4.78, 5) is 17.4. The summed E-state index contributed by atoms with van der Waals surface area (Å²) in [6.45, 7) is 4.69. The van der Waals surface area contributed by atoms with Crippen LogP contribution in [0.5, 0.6) is 0 Å². The van der Waals surface area contributed by atoms with Gasteiger partial charge in [0.15, 0.2) is 0 Å². The molecule has 0 saturated heterocycles. The molecule has 3 heteroatoms. The van der Waals surface area contributed by atoms with Gasteiger partial charge in [0.1, 0.15) is 0 Å². The van der Waals surface area contributed by atoms with Crippen LogP contribution >= 0.6 is 0 Å². The van der Waals surface area contributed by atoms with E-state index in [1.807, 2.05) is 4.90 Å². The second-order valence-corrected chi connectivity index (χ2v) is 5.33. The summed E-state index contributed by atoms with van der Waals surface area (Å²) in [6.07, 6.45) is 3.07. The van der Waals surface area contributed by atoms with Crippen LogP contribution in [0, 0.1) is 0 Å². The molecule has 1 aromatic heterocycles. The fraction of sp³-hybridized carbons (Fsp3) is 0.438. The van der Waals surface area contributed by atoms with E-state index in [1.165, 1.54) is 22.2 Å². The normalized spacial score (nSPS) is 18.6. The Bertz CT molecular complexity index is 614. The lowest BCUT2D eigenvalue weighted by molar-refractivity contribution is -0.132. The van der Waals surface area contributed by atoms with Crippen LogP contribution in [0.25, 0.3) is 10.9 Å². The molecule has 1 N–H and O–H groups in total. The van der Waals surface area contributed by atoms with E-state index in [9.17, 15) is 4.79 Å². The van der Waals surface area contributed by atoms with Crippen molar-refractivity contribution in [3.63, 3.8) is 0 Å². The van der Waals surface area contributed by atoms with Crippen molar-refractivity contribution in [3.8, 4) is 0 Å². The standard InChI is InChI=1S/C16H20N2O/c1-3-6-15-16-13(9-10-18(15)11(2)19)12-7-4-5-8-14(12)17-16/h4-5,7-8,15,17H,3,6,9-10H2,1-2H3/t15-/m1/s1. The first-order valence-corrected chi connectivity index (χ1v) is 7.09. The van der Waals surface area contributed by atoms with Gasteiger partial charge >= 0.3 is 0 Å². The van der Waals surface area contributed by atoms with E-state index in [2.05, 4.69) is 36.2 Å². The van der Waals surface area contributed by atoms with Crippen molar-refractivity contribution in [1.29, 1.82) is 0 Å². The number of nitrogens with one attached hydrogen (secondary N) is 1. The van der Waals surface area contributed by atoms with Gasteiger partial charge in [0.2, 0.25) is 5.91 Å². The van der Waals surface area contributed by atoms with Crippen molar-refractivity contribution >= 4 is 16.8 Å². The topological polar surface area (TPSA) is 36.1 Å². The minimum absolute atomic E-state index is 0.183. The molecule has 2 heterocycles. The maximum atomic E-state index is 11.8. The molecule has 100 valence electrons. The fourth-order valence-corrected chi connectivity index (χ4v) is 3.27. The van der Waals surface area contributed by atoms with Crippen LogP contribution in [0.2, 0.25) is 0 Å². The lowest BCUT2D eigenvalue weighted by Gasteiger charge is -2.35.